The maximum Gasteiger partial charge on any atom is 0.264 e. The third-order valence-electron chi connectivity index (χ3n) is 3.68. The fourth-order valence-corrected chi connectivity index (χ4v) is 3.65. The molecule has 1 heterocycles. The lowest BCUT2D eigenvalue weighted by molar-refractivity contribution is -0.118. The molecule has 0 fully saturated rings. The van der Waals surface area contributed by atoms with E-state index in [2.05, 4.69) is 22.4 Å². The van der Waals surface area contributed by atoms with E-state index in [-0.39, 0.29) is 12.5 Å². The summed E-state index contributed by atoms with van der Waals surface area (Å²) >= 11 is 1.53. The van der Waals surface area contributed by atoms with Crippen LogP contribution in [0, 0.1) is 0 Å². The highest BCUT2D eigenvalue weighted by molar-refractivity contribution is 7.16. The second-order valence-corrected chi connectivity index (χ2v) is 6.36. The predicted molar refractivity (Wildman–Crippen MR) is 90.9 cm³/mol. The number of aromatic nitrogens is 1. The van der Waals surface area contributed by atoms with Crippen LogP contribution in [0.3, 0.4) is 0 Å². The van der Waals surface area contributed by atoms with Crippen molar-refractivity contribution in [3.63, 3.8) is 0 Å². The Kier molecular flexibility index (Phi) is 3.55. The van der Waals surface area contributed by atoms with Crippen molar-refractivity contribution < 1.29 is 9.53 Å². The molecule has 0 saturated carbocycles. The molecule has 114 valence electrons. The summed E-state index contributed by atoms with van der Waals surface area (Å²) in [6.45, 7) is -0.0230. The number of hydrogen-bond donors (Lipinski definition) is 1. The van der Waals surface area contributed by atoms with Crippen molar-refractivity contribution in [2.45, 2.75) is 6.42 Å². The maximum absolute atomic E-state index is 12.0. The number of benzene rings is 2. The monoisotopic (exact) mass is 322 g/mol. The van der Waals surface area contributed by atoms with E-state index >= 15 is 0 Å². The zero-order chi connectivity index (χ0) is 15.6. The number of para-hydroxylation sites is 1. The molecular formula is C18H14N2O2S. The largest absolute Gasteiger partial charge is 0.484 e. The Morgan fingerprint density at radius 1 is 1.13 bits per heavy atom. The van der Waals surface area contributed by atoms with Gasteiger partial charge in [0.1, 0.15) is 5.75 Å². The first-order valence-corrected chi connectivity index (χ1v) is 8.17. The smallest absolute Gasteiger partial charge is 0.264 e. The van der Waals surface area contributed by atoms with Crippen LogP contribution in [0.4, 0.5) is 5.13 Å². The molecule has 0 spiro atoms. The van der Waals surface area contributed by atoms with Crippen LogP contribution >= 0.6 is 11.3 Å². The zero-order valence-electron chi connectivity index (χ0n) is 12.3. The van der Waals surface area contributed by atoms with E-state index in [1.807, 2.05) is 42.5 Å². The van der Waals surface area contributed by atoms with Gasteiger partial charge in [-0.2, -0.15) is 0 Å². The summed E-state index contributed by atoms with van der Waals surface area (Å²) in [7, 11) is 0. The van der Waals surface area contributed by atoms with E-state index in [0.29, 0.717) is 10.9 Å². The first-order valence-electron chi connectivity index (χ1n) is 7.35. The van der Waals surface area contributed by atoms with Crippen molar-refractivity contribution in [3.8, 4) is 17.0 Å². The highest BCUT2D eigenvalue weighted by atomic mass is 32.1. The molecule has 5 heteroatoms. The summed E-state index contributed by atoms with van der Waals surface area (Å²) < 4.78 is 5.44. The van der Waals surface area contributed by atoms with Gasteiger partial charge in [-0.25, -0.2) is 4.98 Å². The summed E-state index contributed by atoms with van der Waals surface area (Å²) in [4.78, 5) is 17.7. The molecule has 23 heavy (non-hydrogen) atoms. The SMILES string of the molecule is O=C(COc1ccccc1)Nc1nc2c(s1)Cc1ccccc1-2. The average molecular weight is 322 g/mol. The summed E-state index contributed by atoms with van der Waals surface area (Å²) in [5.74, 6) is 0.479. The van der Waals surface area contributed by atoms with Gasteiger partial charge in [0.15, 0.2) is 11.7 Å². The van der Waals surface area contributed by atoms with Crippen LogP contribution in [0.25, 0.3) is 11.3 Å². The number of thiazole rings is 1. The van der Waals surface area contributed by atoms with Gasteiger partial charge in [-0.05, 0) is 17.7 Å². The molecule has 4 rings (SSSR count). The second-order valence-electron chi connectivity index (χ2n) is 5.27. The van der Waals surface area contributed by atoms with Gasteiger partial charge in [-0.1, -0.05) is 42.5 Å². The van der Waals surface area contributed by atoms with Crippen LogP contribution in [0.5, 0.6) is 5.75 Å². The summed E-state index contributed by atoms with van der Waals surface area (Å²) in [5.41, 5.74) is 3.45. The first-order chi connectivity index (χ1) is 11.3. The minimum atomic E-state index is -0.199. The molecule has 0 unspecified atom stereocenters. The summed E-state index contributed by atoms with van der Waals surface area (Å²) in [5, 5.41) is 3.45. The van der Waals surface area contributed by atoms with E-state index in [1.165, 1.54) is 27.3 Å². The van der Waals surface area contributed by atoms with E-state index in [4.69, 9.17) is 4.74 Å². The molecule has 2 aromatic carbocycles. The molecule has 0 saturated heterocycles. The average Bonchev–Trinajstić information content (AvgIpc) is 3.11. The van der Waals surface area contributed by atoms with Crippen LogP contribution < -0.4 is 10.1 Å². The molecule has 1 N–H and O–H groups in total. The minimum Gasteiger partial charge on any atom is -0.484 e. The Morgan fingerprint density at radius 2 is 1.91 bits per heavy atom. The van der Waals surface area contributed by atoms with Crippen molar-refractivity contribution in [2.75, 3.05) is 11.9 Å². The van der Waals surface area contributed by atoms with Gasteiger partial charge >= 0.3 is 0 Å². The molecule has 1 aromatic heterocycles. The Morgan fingerprint density at radius 3 is 2.78 bits per heavy atom. The standard InChI is InChI=1S/C18H14N2O2S/c21-16(11-22-13-7-2-1-3-8-13)19-18-20-17-14-9-5-4-6-12(14)10-15(17)23-18/h1-9H,10-11H2,(H,19,20,21). The molecular weight excluding hydrogens is 308 g/mol. The Bertz CT molecular complexity index is 858. The normalized spacial score (nSPS) is 11.7. The molecule has 0 aliphatic heterocycles. The highest BCUT2D eigenvalue weighted by Crippen LogP contribution is 2.40. The lowest BCUT2D eigenvalue weighted by atomic mass is 10.1. The fraction of sp³-hybridized carbons (Fsp3) is 0.111. The van der Waals surface area contributed by atoms with Crippen molar-refractivity contribution in [1.82, 2.24) is 4.98 Å². The molecule has 4 nitrogen and oxygen atoms in total. The van der Waals surface area contributed by atoms with Gasteiger partial charge in [-0.15, -0.1) is 11.3 Å². The number of nitrogens with one attached hydrogen (secondary N) is 1. The van der Waals surface area contributed by atoms with Crippen LogP contribution in [0.15, 0.2) is 54.6 Å². The maximum atomic E-state index is 12.0. The van der Waals surface area contributed by atoms with Gasteiger partial charge in [0.25, 0.3) is 5.91 Å². The highest BCUT2D eigenvalue weighted by Gasteiger charge is 2.23. The number of rotatable bonds is 4. The van der Waals surface area contributed by atoms with Crippen LogP contribution in [0.2, 0.25) is 0 Å². The van der Waals surface area contributed by atoms with Crippen LogP contribution in [-0.2, 0) is 11.2 Å². The lowest BCUT2D eigenvalue weighted by Crippen LogP contribution is -2.20. The quantitative estimate of drug-likeness (QED) is 0.623. The van der Waals surface area contributed by atoms with Crippen molar-refractivity contribution in [2.24, 2.45) is 0 Å². The minimum absolute atomic E-state index is 0.0230. The van der Waals surface area contributed by atoms with Gasteiger partial charge in [-0.3, -0.25) is 10.1 Å². The summed E-state index contributed by atoms with van der Waals surface area (Å²) in [6.07, 6.45) is 0.888. The number of hydrogen-bond acceptors (Lipinski definition) is 4. The fourth-order valence-electron chi connectivity index (χ4n) is 2.63. The first kappa shape index (κ1) is 14.0. The van der Waals surface area contributed by atoms with E-state index < -0.39 is 0 Å². The Labute approximate surface area is 137 Å². The predicted octanol–water partition coefficient (Wildman–Crippen LogP) is 3.73. The van der Waals surface area contributed by atoms with Crippen molar-refractivity contribution in [1.29, 1.82) is 0 Å². The van der Waals surface area contributed by atoms with Gasteiger partial charge in [0, 0.05) is 16.9 Å². The van der Waals surface area contributed by atoms with E-state index in [9.17, 15) is 4.79 Å². The lowest BCUT2D eigenvalue weighted by Gasteiger charge is -2.05. The number of fused-ring (bicyclic) bond motifs is 3. The topological polar surface area (TPSA) is 51.2 Å². The number of carbonyl (C=O) groups excluding carboxylic acids is 1. The zero-order valence-corrected chi connectivity index (χ0v) is 13.1. The molecule has 1 aliphatic carbocycles. The number of nitrogens with zero attached hydrogens (tertiary/aromatic N) is 1. The van der Waals surface area contributed by atoms with E-state index in [1.54, 1.807) is 0 Å². The van der Waals surface area contributed by atoms with Gasteiger partial charge in [0.2, 0.25) is 0 Å². The Hall–Kier alpha value is -2.66. The summed E-state index contributed by atoms with van der Waals surface area (Å²) in [6, 6.07) is 17.5. The molecule has 0 atom stereocenters. The third kappa shape index (κ3) is 2.83. The Balaban J connectivity index is 1.42. The number of anilines is 1. The van der Waals surface area contributed by atoms with Crippen molar-refractivity contribution >= 4 is 22.4 Å². The number of carbonyl (C=O) groups is 1. The molecule has 0 radical (unpaired) electrons. The third-order valence-corrected chi connectivity index (χ3v) is 4.65. The molecule has 3 aromatic rings. The number of ether oxygens (including phenoxy) is 1. The molecule has 0 bridgehead atoms. The van der Waals surface area contributed by atoms with Crippen molar-refractivity contribution in [3.05, 3.63) is 65.0 Å². The van der Waals surface area contributed by atoms with Gasteiger partial charge in [0.05, 0.1) is 5.69 Å². The number of amides is 1. The van der Waals surface area contributed by atoms with E-state index in [0.717, 1.165) is 12.1 Å². The molecule has 1 aliphatic rings. The molecule has 1 amide bonds. The second kappa shape index (κ2) is 5.85. The van der Waals surface area contributed by atoms with Gasteiger partial charge < -0.3 is 4.74 Å². The van der Waals surface area contributed by atoms with Crippen LogP contribution in [-0.4, -0.2) is 17.5 Å². The van der Waals surface area contributed by atoms with Crippen LogP contribution in [0.1, 0.15) is 10.4 Å².